The van der Waals surface area contributed by atoms with Crippen LogP contribution in [0.15, 0.2) is 24.5 Å². The van der Waals surface area contributed by atoms with E-state index in [1.165, 1.54) is 18.4 Å². The van der Waals surface area contributed by atoms with Crippen molar-refractivity contribution in [3.8, 4) is 0 Å². The lowest BCUT2D eigenvalue weighted by Crippen LogP contribution is -2.41. The van der Waals surface area contributed by atoms with E-state index < -0.39 is 0 Å². The summed E-state index contributed by atoms with van der Waals surface area (Å²) in [6, 6.07) is 6.31. The maximum Gasteiger partial charge on any atom is 0.494 e. The van der Waals surface area contributed by atoms with Crippen LogP contribution in [0, 0.1) is 5.92 Å². The number of hydrogen-bond donors (Lipinski definition) is 0. The molecule has 1 aliphatic carbocycles. The Morgan fingerprint density at radius 1 is 1.18 bits per heavy atom. The molecule has 1 saturated carbocycles. The van der Waals surface area contributed by atoms with Crippen molar-refractivity contribution in [3.63, 3.8) is 0 Å². The summed E-state index contributed by atoms with van der Waals surface area (Å²) in [4.78, 5) is 4.51. The second kappa shape index (κ2) is 4.59. The Kier molecular flexibility index (Phi) is 2.98. The van der Waals surface area contributed by atoms with Gasteiger partial charge in [0.15, 0.2) is 0 Å². The molecule has 1 saturated heterocycles. The van der Waals surface area contributed by atoms with Gasteiger partial charge in [0, 0.05) is 6.54 Å². The molecule has 4 rings (SSSR count). The third kappa shape index (κ3) is 2.27. The van der Waals surface area contributed by atoms with E-state index in [4.69, 9.17) is 9.31 Å². The van der Waals surface area contributed by atoms with Crippen LogP contribution in [0.1, 0.15) is 40.5 Å². The van der Waals surface area contributed by atoms with Crippen LogP contribution in [-0.4, -0.2) is 27.9 Å². The first-order valence-electron chi connectivity index (χ1n) is 8.16. The second-order valence-electron chi connectivity index (χ2n) is 7.68. The van der Waals surface area contributed by atoms with Gasteiger partial charge in [0.05, 0.1) is 28.6 Å². The fourth-order valence-corrected chi connectivity index (χ4v) is 2.92. The molecule has 22 heavy (non-hydrogen) atoms. The highest BCUT2D eigenvalue weighted by molar-refractivity contribution is 6.62. The Morgan fingerprint density at radius 2 is 1.86 bits per heavy atom. The number of aromatic nitrogens is 2. The number of imidazole rings is 1. The highest BCUT2D eigenvalue weighted by Crippen LogP contribution is 2.36. The molecule has 1 aromatic heterocycles. The van der Waals surface area contributed by atoms with Crippen molar-refractivity contribution in [2.24, 2.45) is 5.92 Å². The summed E-state index contributed by atoms with van der Waals surface area (Å²) >= 11 is 0. The quantitative estimate of drug-likeness (QED) is 0.818. The summed E-state index contributed by atoms with van der Waals surface area (Å²) in [5.41, 5.74) is 2.69. The summed E-state index contributed by atoms with van der Waals surface area (Å²) in [6.45, 7) is 9.42. The van der Waals surface area contributed by atoms with Crippen molar-refractivity contribution >= 4 is 23.6 Å². The number of hydrogen-bond acceptors (Lipinski definition) is 3. The van der Waals surface area contributed by atoms with Gasteiger partial charge in [-0.25, -0.2) is 4.98 Å². The molecule has 2 heterocycles. The standard InChI is InChI=1S/C17H23BN2O2/c1-16(2)17(3,4)22-18(21-16)13-7-8-14-15(9-13)20(11-19-14)10-12-5-6-12/h7-9,11-12H,5-6,10H2,1-4H3. The van der Waals surface area contributed by atoms with E-state index in [0.29, 0.717) is 0 Å². The molecule has 0 bridgehead atoms. The van der Waals surface area contributed by atoms with Gasteiger partial charge in [-0.2, -0.15) is 0 Å². The summed E-state index contributed by atoms with van der Waals surface area (Å²) < 4.78 is 14.6. The topological polar surface area (TPSA) is 36.3 Å². The zero-order valence-electron chi connectivity index (χ0n) is 13.8. The van der Waals surface area contributed by atoms with Gasteiger partial charge in [0.1, 0.15) is 0 Å². The average molecular weight is 298 g/mol. The van der Waals surface area contributed by atoms with Gasteiger partial charge in [-0.3, -0.25) is 0 Å². The lowest BCUT2D eigenvalue weighted by atomic mass is 9.79. The van der Waals surface area contributed by atoms with Crippen LogP contribution in [0.2, 0.25) is 0 Å². The largest absolute Gasteiger partial charge is 0.494 e. The number of nitrogens with zero attached hydrogens (tertiary/aromatic N) is 2. The molecular weight excluding hydrogens is 275 g/mol. The van der Waals surface area contributed by atoms with Crippen LogP contribution in [0.3, 0.4) is 0 Å². The van der Waals surface area contributed by atoms with Gasteiger partial charge in [0.2, 0.25) is 0 Å². The molecule has 2 aromatic rings. The zero-order valence-corrected chi connectivity index (χ0v) is 13.8. The highest BCUT2D eigenvalue weighted by Gasteiger charge is 2.51. The average Bonchev–Trinajstić information content (AvgIpc) is 3.12. The van der Waals surface area contributed by atoms with E-state index in [1.807, 2.05) is 6.33 Å². The Balaban J connectivity index is 1.67. The smallest absolute Gasteiger partial charge is 0.399 e. The fraction of sp³-hybridized carbons (Fsp3) is 0.588. The molecule has 0 N–H and O–H groups in total. The van der Waals surface area contributed by atoms with E-state index in [-0.39, 0.29) is 18.3 Å². The van der Waals surface area contributed by atoms with Crippen molar-refractivity contribution in [2.75, 3.05) is 0 Å². The van der Waals surface area contributed by atoms with E-state index in [1.54, 1.807) is 0 Å². The molecule has 116 valence electrons. The van der Waals surface area contributed by atoms with Crippen molar-refractivity contribution in [3.05, 3.63) is 24.5 Å². The van der Waals surface area contributed by atoms with Crippen molar-refractivity contribution in [2.45, 2.75) is 58.3 Å². The van der Waals surface area contributed by atoms with Crippen LogP contribution >= 0.6 is 0 Å². The number of rotatable bonds is 3. The first-order chi connectivity index (χ1) is 10.4. The summed E-state index contributed by atoms with van der Waals surface area (Å²) in [6.07, 6.45) is 4.64. The molecule has 0 spiro atoms. The normalized spacial score (nSPS) is 23.4. The van der Waals surface area contributed by atoms with Crippen LogP contribution < -0.4 is 5.46 Å². The molecule has 2 fully saturated rings. The minimum atomic E-state index is -0.307. The SMILES string of the molecule is CC1(C)OB(c2ccc3ncn(CC4CC4)c3c2)OC1(C)C. The Morgan fingerprint density at radius 3 is 2.50 bits per heavy atom. The van der Waals surface area contributed by atoms with Crippen molar-refractivity contribution in [1.82, 2.24) is 9.55 Å². The van der Waals surface area contributed by atoms with Crippen molar-refractivity contribution in [1.29, 1.82) is 0 Å². The van der Waals surface area contributed by atoms with Crippen LogP contribution in [-0.2, 0) is 15.9 Å². The second-order valence-corrected chi connectivity index (χ2v) is 7.68. The zero-order chi connectivity index (χ0) is 15.5. The minimum absolute atomic E-state index is 0.305. The maximum atomic E-state index is 6.16. The summed E-state index contributed by atoms with van der Waals surface area (Å²) in [5, 5.41) is 0. The van der Waals surface area contributed by atoms with E-state index in [2.05, 4.69) is 55.4 Å². The van der Waals surface area contributed by atoms with Gasteiger partial charge in [-0.15, -0.1) is 0 Å². The number of benzene rings is 1. The third-order valence-electron chi connectivity index (χ3n) is 5.32. The predicted molar refractivity (Wildman–Crippen MR) is 88.2 cm³/mol. The molecule has 2 aliphatic rings. The van der Waals surface area contributed by atoms with Gasteiger partial charge < -0.3 is 13.9 Å². The third-order valence-corrected chi connectivity index (χ3v) is 5.32. The molecule has 0 unspecified atom stereocenters. The van der Waals surface area contributed by atoms with E-state index >= 15 is 0 Å². The molecule has 1 aliphatic heterocycles. The summed E-state index contributed by atoms with van der Waals surface area (Å²) in [5.74, 6) is 0.831. The molecule has 4 nitrogen and oxygen atoms in total. The Labute approximate surface area is 132 Å². The Bertz CT molecular complexity index is 703. The molecule has 1 aromatic carbocycles. The molecule has 5 heteroatoms. The predicted octanol–water partition coefficient (Wildman–Crippen LogP) is 2.75. The monoisotopic (exact) mass is 298 g/mol. The molecule has 0 amide bonds. The maximum absolute atomic E-state index is 6.16. The van der Waals surface area contributed by atoms with Crippen molar-refractivity contribution < 1.29 is 9.31 Å². The lowest BCUT2D eigenvalue weighted by molar-refractivity contribution is 0.00578. The number of fused-ring (bicyclic) bond motifs is 1. The summed E-state index contributed by atoms with van der Waals surface area (Å²) in [7, 11) is -0.307. The highest BCUT2D eigenvalue weighted by atomic mass is 16.7. The molecule has 0 radical (unpaired) electrons. The van der Waals surface area contributed by atoms with Gasteiger partial charge in [0.25, 0.3) is 0 Å². The first-order valence-corrected chi connectivity index (χ1v) is 8.16. The molecular formula is C17H23BN2O2. The van der Waals surface area contributed by atoms with E-state index in [9.17, 15) is 0 Å². The van der Waals surface area contributed by atoms with Crippen LogP contribution in [0.4, 0.5) is 0 Å². The van der Waals surface area contributed by atoms with E-state index in [0.717, 1.165) is 23.4 Å². The molecule has 0 atom stereocenters. The lowest BCUT2D eigenvalue weighted by Gasteiger charge is -2.32. The van der Waals surface area contributed by atoms with Crippen LogP contribution in [0.5, 0.6) is 0 Å². The van der Waals surface area contributed by atoms with Gasteiger partial charge in [-0.1, -0.05) is 6.07 Å². The van der Waals surface area contributed by atoms with Gasteiger partial charge >= 0.3 is 7.12 Å². The fourth-order valence-electron chi connectivity index (χ4n) is 2.92. The van der Waals surface area contributed by atoms with Gasteiger partial charge in [-0.05, 0) is 64.1 Å². The first kappa shape index (κ1) is 14.3. The Hall–Kier alpha value is -1.33. The minimum Gasteiger partial charge on any atom is -0.399 e. The van der Waals surface area contributed by atoms with Crippen LogP contribution in [0.25, 0.3) is 11.0 Å².